The number of rotatable bonds is 6. The predicted octanol–water partition coefficient (Wildman–Crippen LogP) is 1.06. The molecule has 0 spiro atoms. The van der Waals surface area contributed by atoms with Gasteiger partial charge in [-0.2, -0.15) is 0 Å². The Labute approximate surface area is 147 Å². The van der Waals surface area contributed by atoms with Crippen molar-refractivity contribution < 1.29 is 9.84 Å². The van der Waals surface area contributed by atoms with Gasteiger partial charge in [-0.1, -0.05) is 0 Å². The molecular formula is C19H27N3O3. The van der Waals surface area contributed by atoms with Crippen LogP contribution < -0.4 is 10.9 Å². The Morgan fingerprint density at radius 3 is 2.76 bits per heavy atom. The van der Waals surface area contributed by atoms with Crippen molar-refractivity contribution in [3.8, 4) is 0 Å². The summed E-state index contributed by atoms with van der Waals surface area (Å²) in [6.45, 7) is 9.58. The third-order valence-corrected chi connectivity index (χ3v) is 4.91. The van der Waals surface area contributed by atoms with Gasteiger partial charge in [0.2, 0.25) is 0 Å². The van der Waals surface area contributed by atoms with E-state index in [-0.39, 0.29) is 12.2 Å². The first-order valence-corrected chi connectivity index (χ1v) is 8.87. The van der Waals surface area contributed by atoms with E-state index >= 15 is 0 Å². The summed E-state index contributed by atoms with van der Waals surface area (Å²) < 4.78 is 5.43. The number of benzene rings is 1. The normalized spacial score (nSPS) is 15.8. The Morgan fingerprint density at radius 1 is 1.28 bits per heavy atom. The lowest BCUT2D eigenvalue weighted by atomic mass is 9.97. The minimum absolute atomic E-state index is 0.0641. The van der Waals surface area contributed by atoms with Crippen molar-refractivity contribution in [1.29, 1.82) is 0 Å². The first-order valence-electron chi connectivity index (χ1n) is 8.87. The van der Waals surface area contributed by atoms with Crippen LogP contribution in [0, 0.1) is 13.8 Å². The molecule has 1 fully saturated rings. The van der Waals surface area contributed by atoms with Gasteiger partial charge in [-0.15, -0.1) is 0 Å². The summed E-state index contributed by atoms with van der Waals surface area (Å²) in [6.07, 6.45) is 0. The van der Waals surface area contributed by atoms with Gasteiger partial charge in [-0.05, 0) is 48.1 Å². The molecule has 0 saturated carbocycles. The molecule has 136 valence electrons. The van der Waals surface area contributed by atoms with Crippen LogP contribution in [0.2, 0.25) is 0 Å². The minimum atomic E-state index is -0.0674. The van der Waals surface area contributed by atoms with Crippen LogP contribution in [-0.2, 0) is 17.8 Å². The second-order valence-corrected chi connectivity index (χ2v) is 6.67. The number of pyridine rings is 1. The number of H-pyrrole nitrogens is 1. The lowest BCUT2D eigenvalue weighted by molar-refractivity contribution is 0.0340. The van der Waals surface area contributed by atoms with Gasteiger partial charge in [0.1, 0.15) is 0 Å². The topological polar surface area (TPSA) is 77.6 Å². The average molecular weight is 345 g/mol. The van der Waals surface area contributed by atoms with Gasteiger partial charge >= 0.3 is 0 Å². The van der Waals surface area contributed by atoms with Crippen LogP contribution in [0.3, 0.4) is 0 Å². The molecule has 6 nitrogen and oxygen atoms in total. The Bertz CT molecular complexity index is 795. The largest absolute Gasteiger partial charge is 0.395 e. The molecule has 1 saturated heterocycles. The zero-order valence-corrected chi connectivity index (χ0v) is 15.0. The van der Waals surface area contributed by atoms with E-state index in [0.717, 1.165) is 49.3 Å². The number of nitrogens with zero attached hydrogens (tertiary/aromatic N) is 1. The van der Waals surface area contributed by atoms with E-state index in [4.69, 9.17) is 9.84 Å². The Morgan fingerprint density at radius 2 is 2.04 bits per heavy atom. The fourth-order valence-corrected chi connectivity index (χ4v) is 3.44. The van der Waals surface area contributed by atoms with Gasteiger partial charge in [-0.3, -0.25) is 9.69 Å². The lowest BCUT2D eigenvalue weighted by Gasteiger charge is -2.28. The fraction of sp³-hybridized carbons (Fsp3) is 0.526. The average Bonchev–Trinajstić information content (AvgIpc) is 2.61. The van der Waals surface area contributed by atoms with E-state index in [1.807, 2.05) is 6.07 Å². The zero-order valence-electron chi connectivity index (χ0n) is 15.0. The number of aryl methyl sites for hydroxylation is 2. The number of morpholine rings is 1. The summed E-state index contributed by atoms with van der Waals surface area (Å²) >= 11 is 0. The van der Waals surface area contributed by atoms with E-state index < -0.39 is 0 Å². The van der Waals surface area contributed by atoms with E-state index in [1.54, 1.807) is 0 Å². The molecule has 2 aromatic rings. The van der Waals surface area contributed by atoms with Crippen LogP contribution in [0.1, 0.15) is 22.3 Å². The molecular weight excluding hydrogens is 318 g/mol. The Balaban J connectivity index is 1.93. The highest BCUT2D eigenvalue weighted by Crippen LogP contribution is 2.25. The lowest BCUT2D eigenvalue weighted by Crippen LogP contribution is -2.36. The van der Waals surface area contributed by atoms with Crippen LogP contribution in [0.15, 0.2) is 16.9 Å². The third-order valence-electron chi connectivity index (χ3n) is 4.91. The fourth-order valence-electron chi connectivity index (χ4n) is 3.44. The standard InChI is InChI=1S/C19H27N3O3/c1-13-9-15-10-16(11-20-3-6-23)19(24)21-18(15)14(2)17(13)12-22-4-7-25-8-5-22/h9-10,20,23H,3-8,11-12H2,1-2H3,(H,21,24). The molecule has 0 atom stereocenters. The molecule has 3 N–H and O–H groups in total. The zero-order chi connectivity index (χ0) is 17.8. The minimum Gasteiger partial charge on any atom is -0.395 e. The number of hydrogen-bond acceptors (Lipinski definition) is 5. The summed E-state index contributed by atoms with van der Waals surface area (Å²) in [5.74, 6) is 0. The molecule has 0 aliphatic carbocycles. The number of aliphatic hydroxyl groups excluding tert-OH is 1. The molecule has 1 aliphatic heterocycles. The number of hydrogen-bond donors (Lipinski definition) is 3. The monoisotopic (exact) mass is 345 g/mol. The van der Waals surface area contributed by atoms with E-state index in [9.17, 15) is 4.79 Å². The number of nitrogens with one attached hydrogen (secondary N) is 2. The number of aromatic nitrogens is 1. The third kappa shape index (κ3) is 4.10. The summed E-state index contributed by atoms with van der Waals surface area (Å²) in [4.78, 5) is 17.8. The molecule has 0 unspecified atom stereocenters. The molecule has 0 radical (unpaired) electrons. The second kappa shape index (κ2) is 8.10. The van der Waals surface area contributed by atoms with E-state index in [1.165, 1.54) is 11.1 Å². The molecule has 3 rings (SSSR count). The van der Waals surface area contributed by atoms with Gasteiger partial charge in [0.15, 0.2) is 0 Å². The van der Waals surface area contributed by atoms with Crippen molar-refractivity contribution in [2.75, 3.05) is 39.5 Å². The number of aromatic amines is 1. The van der Waals surface area contributed by atoms with Gasteiger partial charge in [-0.25, -0.2) is 0 Å². The van der Waals surface area contributed by atoms with E-state index in [0.29, 0.717) is 18.7 Å². The van der Waals surface area contributed by atoms with Crippen LogP contribution in [0.5, 0.6) is 0 Å². The molecule has 0 amide bonds. The maximum Gasteiger partial charge on any atom is 0.252 e. The van der Waals surface area contributed by atoms with Crippen molar-refractivity contribution in [2.45, 2.75) is 26.9 Å². The maximum absolute atomic E-state index is 12.4. The van der Waals surface area contributed by atoms with Gasteiger partial charge in [0.25, 0.3) is 5.56 Å². The van der Waals surface area contributed by atoms with E-state index in [2.05, 4.69) is 35.1 Å². The Kier molecular flexibility index (Phi) is 5.86. The Hall–Kier alpha value is -1.73. The highest BCUT2D eigenvalue weighted by Gasteiger charge is 2.16. The van der Waals surface area contributed by atoms with Crippen molar-refractivity contribution in [3.05, 3.63) is 44.7 Å². The summed E-state index contributed by atoms with van der Waals surface area (Å²) in [7, 11) is 0. The van der Waals surface area contributed by atoms with Crippen LogP contribution in [-0.4, -0.2) is 54.4 Å². The highest BCUT2D eigenvalue weighted by molar-refractivity contribution is 5.84. The summed E-state index contributed by atoms with van der Waals surface area (Å²) in [6, 6.07) is 4.11. The SMILES string of the molecule is Cc1cc2cc(CNCCO)c(=O)[nH]c2c(C)c1CN1CCOCC1. The molecule has 25 heavy (non-hydrogen) atoms. The molecule has 2 heterocycles. The van der Waals surface area contributed by atoms with Gasteiger partial charge in [0.05, 0.1) is 25.3 Å². The summed E-state index contributed by atoms with van der Waals surface area (Å²) in [5, 5.41) is 13.0. The maximum atomic E-state index is 12.4. The van der Waals surface area contributed by atoms with Crippen molar-refractivity contribution in [2.24, 2.45) is 0 Å². The molecule has 0 bridgehead atoms. The molecule has 6 heteroatoms. The predicted molar refractivity (Wildman–Crippen MR) is 98.9 cm³/mol. The van der Waals surface area contributed by atoms with Crippen molar-refractivity contribution in [3.63, 3.8) is 0 Å². The highest BCUT2D eigenvalue weighted by atomic mass is 16.5. The van der Waals surface area contributed by atoms with Crippen molar-refractivity contribution >= 4 is 10.9 Å². The first kappa shape index (κ1) is 18.1. The second-order valence-electron chi connectivity index (χ2n) is 6.67. The van der Waals surface area contributed by atoms with Crippen molar-refractivity contribution in [1.82, 2.24) is 15.2 Å². The van der Waals surface area contributed by atoms with Gasteiger partial charge < -0.3 is 20.1 Å². The molecule has 1 aliphatic rings. The van der Waals surface area contributed by atoms with Crippen LogP contribution >= 0.6 is 0 Å². The first-order chi connectivity index (χ1) is 12.1. The van der Waals surface area contributed by atoms with Crippen LogP contribution in [0.25, 0.3) is 10.9 Å². The van der Waals surface area contributed by atoms with Crippen LogP contribution in [0.4, 0.5) is 0 Å². The number of aliphatic hydroxyl groups is 1. The smallest absolute Gasteiger partial charge is 0.252 e. The molecule has 1 aromatic heterocycles. The molecule has 1 aromatic carbocycles. The quantitative estimate of drug-likeness (QED) is 0.683. The number of ether oxygens (including phenoxy) is 1. The summed E-state index contributed by atoms with van der Waals surface area (Å²) in [5.41, 5.74) is 5.23. The number of fused-ring (bicyclic) bond motifs is 1. The van der Waals surface area contributed by atoms with Gasteiger partial charge in [0, 0.05) is 38.3 Å².